The average Bonchev–Trinajstić information content (AvgIpc) is 2.78. The zero-order valence-corrected chi connectivity index (χ0v) is 9.99. The van der Waals surface area contributed by atoms with E-state index in [1.165, 1.54) is 11.3 Å². The van der Waals surface area contributed by atoms with Crippen LogP contribution in [0.4, 0.5) is 0 Å². The van der Waals surface area contributed by atoms with Crippen LogP contribution in [0.25, 0.3) is 11.3 Å². The molecule has 0 radical (unpaired) electrons. The van der Waals surface area contributed by atoms with Gasteiger partial charge in [0.05, 0.1) is 12.8 Å². The molecule has 1 unspecified atom stereocenters. The highest BCUT2D eigenvalue weighted by atomic mass is 32.1. The number of ether oxygens (including phenoxy) is 1. The molecule has 0 aliphatic heterocycles. The van der Waals surface area contributed by atoms with E-state index in [0.29, 0.717) is 0 Å². The smallest absolute Gasteiger partial charge is 0.122 e. The molecular weight excluding hydrogens is 222 g/mol. The molecule has 0 amide bonds. The van der Waals surface area contributed by atoms with E-state index >= 15 is 0 Å². The van der Waals surface area contributed by atoms with Gasteiger partial charge in [-0.1, -0.05) is 12.1 Å². The summed E-state index contributed by atoms with van der Waals surface area (Å²) in [5.41, 5.74) is 1.88. The molecule has 0 spiro atoms. The second kappa shape index (κ2) is 4.63. The average molecular weight is 235 g/mol. The second-order valence-corrected chi connectivity index (χ2v) is 4.37. The first-order chi connectivity index (χ1) is 7.70. The molecule has 2 rings (SSSR count). The molecule has 0 saturated heterocycles. The normalized spacial score (nSPS) is 12.4. The van der Waals surface area contributed by atoms with Gasteiger partial charge in [0, 0.05) is 10.9 Å². The number of aliphatic hydroxyl groups is 1. The van der Waals surface area contributed by atoms with Crippen molar-refractivity contribution in [3.63, 3.8) is 0 Å². The molecular formula is C12H13NO2S. The third-order valence-electron chi connectivity index (χ3n) is 2.24. The Morgan fingerprint density at radius 2 is 2.25 bits per heavy atom. The lowest BCUT2D eigenvalue weighted by molar-refractivity contribution is 0.199. The highest BCUT2D eigenvalue weighted by Gasteiger charge is 2.08. The molecule has 0 fully saturated rings. The monoisotopic (exact) mass is 235 g/mol. The highest BCUT2D eigenvalue weighted by molar-refractivity contribution is 7.10. The first-order valence-corrected chi connectivity index (χ1v) is 5.86. The Balaban J connectivity index is 2.34. The SMILES string of the molecule is COc1cccc(-c2csc(C(C)O)n2)c1. The van der Waals surface area contributed by atoms with Crippen molar-refractivity contribution in [2.75, 3.05) is 7.11 Å². The van der Waals surface area contributed by atoms with E-state index in [4.69, 9.17) is 4.74 Å². The van der Waals surface area contributed by atoms with Gasteiger partial charge in [-0.25, -0.2) is 4.98 Å². The quantitative estimate of drug-likeness (QED) is 0.889. The van der Waals surface area contributed by atoms with Gasteiger partial charge in [-0.2, -0.15) is 0 Å². The van der Waals surface area contributed by atoms with Gasteiger partial charge < -0.3 is 9.84 Å². The summed E-state index contributed by atoms with van der Waals surface area (Å²) in [6.45, 7) is 1.72. The van der Waals surface area contributed by atoms with Crippen LogP contribution < -0.4 is 4.74 Å². The van der Waals surface area contributed by atoms with E-state index < -0.39 is 6.10 Å². The van der Waals surface area contributed by atoms with Crippen molar-refractivity contribution >= 4 is 11.3 Å². The molecule has 0 bridgehead atoms. The lowest BCUT2D eigenvalue weighted by atomic mass is 10.2. The molecule has 0 aliphatic carbocycles. The lowest BCUT2D eigenvalue weighted by Crippen LogP contribution is -1.89. The molecule has 1 heterocycles. The Labute approximate surface area is 98.4 Å². The largest absolute Gasteiger partial charge is 0.497 e. The fourth-order valence-electron chi connectivity index (χ4n) is 1.39. The Morgan fingerprint density at radius 3 is 2.88 bits per heavy atom. The zero-order chi connectivity index (χ0) is 11.5. The number of hydrogen-bond acceptors (Lipinski definition) is 4. The van der Waals surface area contributed by atoms with Gasteiger partial charge >= 0.3 is 0 Å². The number of benzene rings is 1. The van der Waals surface area contributed by atoms with Gasteiger partial charge in [0.1, 0.15) is 16.9 Å². The summed E-state index contributed by atoms with van der Waals surface area (Å²) in [5, 5.41) is 12.1. The zero-order valence-electron chi connectivity index (χ0n) is 9.18. The number of thiazole rings is 1. The van der Waals surface area contributed by atoms with E-state index in [2.05, 4.69) is 4.98 Å². The number of hydrogen-bond donors (Lipinski definition) is 1. The highest BCUT2D eigenvalue weighted by Crippen LogP contribution is 2.27. The number of rotatable bonds is 3. The first-order valence-electron chi connectivity index (χ1n) is 4.98. The number of aromatic nitrogens is 1. The Kier molecular flexibility index (Phi) is 3.22. The van der Waals surface area contributed by atoms with Crippen molar-refractivity contribution in [3.05, 3.63) is 34.7 Å². The third-order valence-corrected chi connectivity index (χ3v) is 3.26. The molecule has 1 atom stereocenters. The fourth-order valence-corrected chi connectivity index (χ4v) is 2.16. The topological polar surface area (TPSA) is 42.4 Å². The molecule has 84 valence electrons. The maximum atomic E-state index is 9.41. The van der Waals surface area contributed by atoms with Crippen molar-refractivity contribution in [1.29, 1.82) is 0 Å². The van der Waals surface area contributed by atoms with E-state index in [0.717, 1.165) is 22.0 Å². The van der Waals surface area contributed by atoms with Gasteiger partial charge in [0.15, 0.2) is 0 Å². The van der Waals surface area contributed by atoms with Crippen molar-refractivity contribution in [2.24, 2.45) is 0 Å². The van der Waals surface area contributed by atoms with Crippen molar-refractivity contribution < 1.29 is 9.84 Å². The predicted octanol–water partition coefficient (Wildman–Crippen LogP) is 2.87. The summed E-state index contributed by atoms with van der Waals surface area (Å²) >= 11 is 1.46. The summed E-state index contributed by atoms with van der Waals surface area (Å²) in [4.78, 5) is 4.37. The summed E-state index contributed by atoms with van der Waals surface area (Å²) in [7, 11) is 1.64. The minimum absolute atomic E-state index is 0.510. The van der Waals surface area contributed by atoms with Crippen molar-refractivity contribution in [2.45, 2.75) is 13.0 Å². The number of methoxy groups -OCH3 is 1. The summed E-state index contributed by atoms with van der Waals surface area (Å²) < 4.78 is 5.16. The van der Waals surface area contributed by atoms with Crippen molar-refractivity contribution in [1.82, 2.24) is 4.98 Å². The molecule has 1 aromatic carbocycles. The van der Waals surface area contributed by atoms with Crippen LogP contribution in [0.3, 0.4) is 0 Å². The van der Waals surface area contributed by atoms with E-state index in [-0.39, 0.29) is 0 Å². The van der Waals surface area contributed by atoms with E-state index in [1.54, 1.807) is 14.0 Å². The maximum absolute atomic E-state index is 9.41. The first kappa shape index (κ1) is 11.1. The Hall–Kier alpha value is -1.39. The van der Waals surface area contributed by atoms with Gasteiger partial charge in [-0.15, -0.1) is 11.3 Å². The molecule has 0 saturated carbocycles. The third kappa shape index (κ3) is 2.23. The van der Waals surface area contributed by atoms with Crippen LogP contribution in [0.1, 0.15) is 18.0 Å². The van der Waals surface area contributed by atoms with Gasteiger partial charge in [0.2, 0.25) is 0 Å². The second-order valence-electron chi connectivity index (χ2n) is 3.48. The standard InChI is InChI=1S/C12H13NO2S/c1-8(14)12-13-11(7-16-12)9-4-3-5-10(6-9)15-2/h3-8,14H,1-2H3. The van der Waals surface area contributed by atoms with Crippen LogP contribution in [0, 0.1) is 0 Å². The number of aliphatic hydroxyl groups excluding tert-OH is 1. The molecule has 1 N–H and O–H groups in total. The van der Waals surface area contributed by atoms with Crippen LogP contribution >= 0.6 is 11.3 Å². The molecule has 1 aromatic heterocycles. The lowest BCUT2D eigenvalue weighted by Gasteiger charge is -2.01. The number of nitrogens with zero attached hydrogens (tertiary/aromatic N) is 1. The minimum atomic E-state index is -0.510. The summed E-state index contributed by atoms with van der Waals surface area (Å²) in [5.74, 6) is 0.809. The van der Waals surface area contributed by atoms with Crippen LogP contribution in [0.15, 0.2) is 29.6 Å². The van der Waals surface area contributed by atoms with E-state index in [9.17, 15) is 5.11 Å². The Bertz CT molecular complexity index is 479. The fraction of sp³-hybridized carbons (Fsp3) is 0.250. The van der Waals surface area contributed by atoms with Gasteiger partial charge in [0.25, 0.3) is 0 Å². The molecule has 3 nitrogen and oxygen atoms in total. The van der Waals surface area contributed by atoms with E-state index in [1.807, 2.05) is 29.6 Å². The summed E-state index contributed by atoms with van der Waals surface area (Å²) in [6.07, 6.45) is -0.510. The maximum Gasteiger partial charge on any atom is 0.122 e. The van der Waals surface area contributed by atoms with Crippen LogP contribution in [-0.4, -0.2) is 17.2 Å². The van der Waals surface area contributed by atoms with Gasteiger partial charge in [-0.3, -0.25) is 0 Å². The molecule has 0 aliphatic rings. The minimum Gasteiger partial charge on any atom is -0.497 e. The predicted molar refractivity (Wildman–Crippen MR) is 64.7 cm³/mol. The van der Waals surface area contributed by atoms with Crippen LogP contribution in [0.5, 0.6) is 5.75 Å². The molecule has 4 heteroatoms. The summed E-state index contributed by atoms with van der Waals surface area (Å²) in [6, 6.07) is 7.73. The Morgan fingerprint density at radius 1 is 1.44 bits per heavy atom. The van der Waals surface area contributed by atoms with Crippen LogP contribution in [0.2, 0.25) is 0 Å². The molecule has 2 aromatic rings. The van der Waals surface area contributed by atoms with Crippen LogP contribution in [-0.2, 0) is 0 Å². The molecule has 16 heavy (non-hydrogen) atoms. The van der Waals surface area contributed by atoms with Crippen molar-refractivity contribution in [3.8, 4) is 17.0 Å². The van der Waals surface area contributed by atoms with Gasteiger partial charge in [-0.05, 0) is 19.1 Å².